The highest BCUT2D eigenvalue weighted by atomic mass is 16.5. The molecule has 0 aromatic heterocycles. The summed E-state index contributed by atoms with van der Waals surface area (Å²) >= 11 is 0. The van der Waals surface area contributed by atoms with Gasteiger partial charge in [0.25, 0.3) is 0 Å². The Bertz CT molecular complexity index is 626. The molecule has 0 bridgehead atoms. The molecule has 122 valence electrons. The van der Waals surface area contributed by atoms with Crippen LogP contribution >= 0.6 is 0 Å². The highest BCUT2D eigenvalue weighted by Crippen LogP contribution is 2.52. The molecule has 2 heterocycles. The van der Waals surface area contributed by atoms with Crippen LogP contribution in [0.5, 0.6) is 0 Å². The third-order valence-corrected chi connectivity index (χ3v) is 6.00. The zero-order chi connectivity index (χ0) is 15.9. The van der Waals surface area contributed by atoms with E-state index in [9.17, 15) is 4.79 Å². The van der Waals surface area contributed by atoms with E-state index >= 15 is 0 Å². The average Bonchev–Trinajstić information content (AvgIpc) is 2.77. The molecule has 1 aliphatic carbocycles. The van der Waals surface area contributed by atoms with Crippen molar-refractivity contribution in [2.45, 2.75) is 57.2 Å². The van der Waals surface area contributed by atoms with Crippen LogP contribution in [0.15, 0.2) is 42.5 Å². The molecule has 0 saturated carbocycles. The molecule has 1 aromatic rings. The number of rotatable bonds is 1. The molecule has 0 N–H and O–H groups in total. The summed E-state index contributed by atoms with van der Waals surface area (Å²) in [5.41, 5.74) is 0.553. The third-order valence-electron chi connectivity index (χ3n) is 6.00. The summed E-state index contributed by atoms with van der Waals surface area (Å²) < 4.78 is 6.13. The molecule has 3 atom stereocenters. The van der Waals surface area contributed by atoms with E-state index in [2.05, 4.69) is 36.1 Å². The van der Waals surface area contributed by atoms with Crippen LogP contribution in [0, 0.1) is 5.41 Å². The molecule has 2 saturated heterocycles. The van der Waals surface area contributed by atoms with Gasteiger partial charge in [-0.15, -0.1) is 0 Å². The Morgan fingerprint density at radius 3 is 2.78 bits per heavy atom. The Morgan fingerprint density at radius 1 is 1.13 bits per heavy atom. The molecule has 0 unspecified atom stereocenters. The lowest BCUT2D eigenvalue weighted by molar-refractivity contribution is -0.174. The number of nitrogens with zero attached hydrogens (tertiary/aromatic N) is 1. The summed E-state index contributed by atoms with van der Waals surface area (Å²) in [5, 5.41) is 0. The molecule has 3 nitrogen and oxygen atoms in total. The number of ether oxygens (including phenoxy) is 1. The van der Waals surface area contributed by atoms with E-state index in [1.54, 1.807) is 0 Å². The maximum atomic E-state index is 13.5. The molecule has 1 amide bonds. The minimum absolute atomic E-state index is 0.0538. The van der Waals surface area contributed by atoms with Crippen LogP contribution in [0.3, 0.4) is 0 Å². The molecule has 3 heteroatoms. The van der Waals surface area contributed by atoms with Crippen LogP contribution in [-0.2, 0) is 9.53 Å². The van der Waals surface area contributed by atoms with Crippen molar-refractivity contribution in [2.24, 2.45) is 5.41 Å². The molecular formula is C20H25NO2. The van der Waals surface area contributed by atoms with E-state index in [-0.39, 0.29) is 11.5 Å². The molecule has 3 aliphatic rings. The first-order chi connectivity index (χ1) is 11.1. The molecule has 2 fully saturated rings. The number of piperidine rings is 1. The second-order valence-corrected chi connectivity index (χ2v) is 7.44. The summed E-state index contributed by atoms with van der Waals surface area (Å²) in [4.78, 5) is 15.6. The molecule has 23 heavy (non-hydrogen) atoms. The first kappa shape index (κ1) is 14.9. The number of amides is 1. The van der Waals surface area contributed by atoms with Crippen molar-refractivity contribution in [3.8, 4) is 0 Å². The van der Waals surface area contributed by atoms with Crippen molar-refractivity contribution in [3.63, 3.8) is 0 Å². The normalized spacial score (nSPS) is 37.0. The monoisotopic (exact) mass is 311 g/mol. The highest BCUT2D eigenvalue weighted by Gasteiger charge is 2.57. The fraction of sp³-hybridized carbons (Fsp3) is 0.550. The lowest BCUT2D eigenvalue weighted by atomic mass is 9.71. The Hall–Kier alpha value is -1.61. The van der Waals surface area contributed by atoms with Gasteiger partial charge in [-0.1, -0.05) is 42.5 Å². The van der Waals surface area contributed by atoms with Crippen molar-refractivity contribution in [3.05, 3.63) is 48.0 Å². The Labute approximate surface area is 138 Å². The van der Waals surface area contributed by atoms with Gasteiger partial charge in [-0.05, 0) is 51.0 Å². The van der Waals surface area contributed by atoms with Crippen LogP contribution in [0.2, 0.25) is 0 Å². The number of carbonyl (C=O) groups is 1. The largest absolute Gasteiger partial charge is 0.353 e. The second kappa shape index (κ2) is 5.48. The van der Waals surface area contributed by atoms with Gasteiger partial charge in [-0.2, -0.15) is 0 Å². The first-order valence-electron chi connectivity index (χ1n) is 8.82. The Morgan fingerprint density at radius 2 is 1.96 bits per heavy atom. The van der Waals surface area contributed by atoms with E-state index in [1.807, 2.05) is 18.2 Å². The maximum absolute atomic E-state index is 13.5. The summed E-state index contributed by atoms with van der Waals surface area (Å²) in [5.74, 6) is 0.309. The number of hydrogen-bond donors (Lipinski definition) is 0. The van der Waals surface area contributed by atoms with Crippen LogP contribution in [-0.4, -0.2) is 23.1 Å². The third kappa shape index (κ3) is 2.33. The summed E-state index contributed by atoms with van der Waals surface area (Å²) in [6, 6.07) is 10.4. The fourth-order valence-corrected chi connectivity index (χ4v) is 4.54. The van der Waals surface area contributed by atoms with Crippen LogP contribution in [0.25, 0.3) is 0 Å². The van der Waals surface area contributed by atoms with Gasteiger partial charge in [0.05, 0.1) is 18.1 Å². The van der Waals surface area contributed by atoms with E-state index in [4.69, 9.17) is 4.74 Å². The minimum atomic E-state index is -0.432. The predicted octanol–water partition coefficient (Wildman–Crippen LogP) is 4.21. The Balaban J connectivity index is 1.70. The molecule has 0 radical (unpaired) electrons. The summed E-state index contributed by atoms with van der Waals surface area (Å²) in [7, 11) is 0. The van der Waals surface area contributed by atoms with Gasteiger partial charge in [-0.25, -0.2) is 0 Å². The summed E-state index contributed by atoms with van der Waals surface area (Å²) in [6.45, 7) is 2.70. The molecule has 4 rings (SSSR count). The van der Waals surface area contributed by atoms with Gasteiger partial charge in [-0.3, -0.25) is 4.79 Å². The van der Waals surface area contributed by atoms with Gasteiger partial charge >= 0.3 is 0 Å². The maximum Gasteiger partial charge on any atom is 0.231 e. The van der Waals surface area contributed by atoms with Gasteiger partial charge in [0.1, 0.15) is 5.72 Å². The standard InChI is InChI=1S/C20H25NO2/c1-19-13-14-20(11-7-2-3-8-12-20)18(22)21(19)17(15-23-19)16-9-5-4-6-10-16/h2,4-7,9-10,17H,3,8,11-15H2,1H3/t17-,19-,20-/m1/s1. The number of benzene rings is 1. The smallest absolute Gasteiger partial charge is 0.231 e. The lowest BCUT2D eigenvalue weighted by Crippen LogP contribution is -2.57. The van der Waals surface area contributed by atoms with Gasteiger partial charge in [0.2, 0.25) is 5.91 Å². The molecular weight excluding hydrogens is 286 g/mol. The first-order valence-corrected chi connectivity index (χ1v) is 8.82. The number of allylic oxidation sites excluding steroid dienone is 2. The van der Waals surface area contributed by atoms with E-state index in [0.29, 0.717) is 12.5 Å². The SMILES string of the molecule is C[C@@]12CC[C@]3(CC=CCCC3)C(=O)N1[C@@H](c1ccccc1)CO2. The zero-order valence-electron chi connectivity index (χ0n) is 13.8. The highest BCUT2D eigenvalue weighted by molar-refractivity contribution is 5.85. The number of carbonyl (C=O) groups excluding carboxylic acids is 1. The summed E-state index contributed by atoms with van der Waals surface area (Å²) in [6.07, 6.45) is 10.5. The van der Waals surface area contributed by atoms with Crippen molar-refractivity contribution in [2.75, 3.05) is 6.61 Å². The molecule has 1 aromatic carbocycles. The van der Waals surface area contributed by atoms with Crippen molar-refractivity contribution in [1.82, 2.24) is 4.90 Å². The lowest BCUT2D eigenvalue weighted by Gasteiger charge is -2.49. The van der Waals surface area contributed by atoms with Gasteiger partial charge in [0, 0.05) is 0 Å². The van der Waals surface area contributed by atoms with Crippen LogP contribution in [0.4, 0.5) is 0 Å². The quantitative estimate of drug-likeness (QED) is 0.727. The Kier molecular flexibility index (Phi) is 3.56. The van der Waals surface area contributed by atoms with Crippen molar-refractivity contribution >= 4 is 5.91 Å². The minimum Gasteiger partial charge on any atom is -0.353 e. The van der Waals surface area contributed by atoms with Crippen LogP contribution < -0.4 is 0 Å². The van der Waals surface area contributed by atoms with E-state index in [0.717, 1.165) is 38.5 Å². The van der Waals surface area contributed by atoms with E-state index in [1.165, 1.54) is 5.56 Å². The zero-order valence-corrected chi connectivity index (χ0v) is 13.8. The topological polar surface area (TPSA) is 29.5 Å². The predicted molar refractivity (Wildman–Crippen MR) is 89.7 cm³/mol. The number of fused-ring (bicyclic) bond motifs is 1. The fourth-order valence-electron chi connectivity index (χ4n) is 4.54. The molecule has 2 aliphatic heterocycles. The molecule has 1 spiro atoms. The van der Waals surface area contributed by atoms with E-state index < -0.39 is 5.72 Å². The second-order valence-electron chi connectivity index (χ2n) is 7.44. The average molecular weight is 311 g/mol. The van der Waals surface area contributed by atoms with Gasteiger partial charge < -0.3 is 9.64 Å². The van der Waals surface area contributed by atoms with Gasteiger partial charge in [0.15, 0.2) is 0 Å². The number of hydrogen-bond acceptors (Lipinski definition) is 2. The van der Waals surface area contributed by atoms with Crippen molar-refractivity contribution in [1.29, 1.82) is 0 Å². The van der Waals surface area contributed by atoms with Crippen LogP contribution in [0.1, 0.15) is 57.1 Å². The van der Waals surface area contributed by atoms with Crippen molar-refractivity contribution < 1.29 is 9.53 Å².